The lowest BCUT2D eigenvalue weighted by Crippen LogP contribution is -2.23. The summed E-state index contributed by atoms with van der Waals surface area (Å²) in [4.78, 5) is 24.8. The third-order valence-electron chi connectivity index (χ3n) is 3.61. The van der Waals surface area contributed by atoms with Crippen molar-refractivity contribution < 1.29 is 18.5 Å². The molecule has 0 fully saturated rings. The monoisotopic (exact) mass is 383 g/mol. The lowest BCUT2D eigenvalue weighted by Gasteiger charge is -2.00. The number of aromatic nitrogens is 3. The van der Waals surface area contributed by atoms with Crippen LogP contribution in [0.4, 0.5) is 0 Å². The average molecular weight is 383 g/mol. The summed E-state index contributed by atoms with van der Waals surface area (Å²) in [6, 6.07) is 14.5. The highest BCUT2D eigenvalue weighted by molar-refractivity contribution is 7.13. The van der Waals surface area contributed by atoms with Gasteiger partial charge in [0.1, 0.15) is 18.8 Å². The molecule has 0 radical (unpaired) electrons. The van der Waals surface area contributed by atoms with Crippen molar-refractivity contribution >= 4 is 17.3 Å². The Bertz CT molecular complexity index is 1100. The van der Waals surface area contributed by atoms with E-state index in [9.17, 15) is 9.59 Å². The molecule has 0 aliphatic rings. The Balaban J connectivity index is 1.37. The van der Waals surface area contributed by atoms with Crippen LogP contribution in [0, 0.1) is 0 Å². The third kappa shape index (κ3) is 3.87. The van der Waals surface area contributed by atoms with Gasteiger partial charge in [0.15, 0.2) is 5.76 Å². The Morgan fingerprint density at radius 1 is 1.19 bits per heavy atom. The first-order chi connectivity index (χ1) is 13.2. The predicted octanol–water partition coefficient (Wildman–Crippen LogP) is 2.96. The van der Waals surface area contributed by atoms with E-state index < -0.39 is 11.7 Å². The summed E-state index contributed by atoms with van der Waals surface area (Å²) in [6.07, 6.45) is 0. The summed E-state index contributed by atoms with van der Waals surface area (Å²) in [5, 5.41) is 9.81. The van der Waals surface area contributed by atoms with E-state index in [1.54, 1.807) is 30.3 Å². The van der Waals surface area contributed by atoms with E-state index in [1.807, 2.05) is 23.6 Å². The smallest absolute Gasteiger partial charge is 0.437 e. The number of esters is 1. The lowest BCUT2D eigenvalue weighted by molar-refractivity contribution is -0.146. The molecule has 1 aromatic carbocycles. The van der Waals surface area contributed by atoms with Gasteiger partial charge in [-0.1, -0.05) is 29.4 Å². The average Bonchev–Trinajstić information content (AvgIpc) is 3.42. The molecule has 3 heterocycles. The maximum Gasteiger partial charge on any atom is 0.437 e. The number of carbonyl (C=O) groups excluding carboxylic acids is 1. The van der Waals surface area contributed by atoms with Crippen molar-refractivity contribution in [2.45, 2.75) is 13.2 Å². The van der Waals surface area contributed by atoms with E-state index in [0.717, 1.165) is 9.56 Å². The normalized spacial score (nSPS) is 10.8. The summed E-state index contributed by atoms with van der Waals surface area (Å²) < 4.78 is 16.3. The number of hydrogen-bond donors (Lipinski definition) is 0. The van der Waals surface area contributed by atoms with Crippen LogP contribution in [-0.2, 0) is 22.7 Å². The minimum atomic E-state index is -0.729. The van der Waals surface area contributed by atoms with Crippen molar-refractivity contribution in [3.8, 4) is 22.1 Å². The minimum Gasteiger partial charge on any atom is -0.458 e. The highest BCUT2D eigenvalue weighted by Crippen LogP contribution is 2.25. The first kappa shape index (κ1) is 17.0. The van der Waals surface area contributed by atoms with Gasteiger partial charge in [0.05, 0.1) is 4.88 Å². The molecule has 0 amide bonds. The molecule has 0 spiro atoms. The van der Waals surface area contributed by atoms with E-state index in [-0.39, 0.29) is 19.0 Å². The maximum absolute atomic E-state index is 12.0. The molecule has 3 aromatic heterocycles. The molecular weight excluding hydrogens is 370 g/mol. The fraction of sp³-hybridized carbons (Fsp3) is 0.111. The topological polar surface area (TPSA) is 100 Å². The maximum atomic E-state index is 12.0. The number of nitrogens with zero attached hydrogens (tertiary/aromatic N) is 3. The summed E-state index contributed by atoms with van der Waals surface area (Å²) in [5.41, 5.74) is 1.12. The molecule has 0 saturated carbocycles. The molecule has 0 saturated heterocycles. The van der Waals surface area contributed by atoms with Crippen LogP contribution in [0.5, 0.6) is 0 Å². The summed E-state index contributed by atoms with van der Waals surface area (Å²) in [5.74, 6) is -0.611. The second-order valence-corrected chi connectivity index (χ2v) is 6.46. The Morgan fingerprint density at radius 3 is 2.81 bits per heavy atom. The van der Waals surface area contributed by atoms with Crippen molar-refractivity contribution in [3.63, 3.8) is 0 Å². The number of hydrogen-bond acceptors (Lipinski definition) is 8. The van der Waals surface area contributed by atoms with Crippen molar-refractivity contribution in [2.75, 3.05) is 0 Å². The highest BCUT2D eigenvalue weighted by Gasteiger charge is 2.15. The fourth-order valence-corrected chi connectivity index (χ4v) is 3.01. The Labute approximate surface area is 156 Å². The van der Waals surface area contributed by atoms with Crippen LogP contribution in [0.3, 0.4) is 0 Å². The van der Waals surface area contributed by atoms with Crippen LogP contribution < -0.4 is 5.76 Å². The first-order valence-electron chi connectivity index (χ1n) is 7.97. The highest BCUT2D eigenvalue weighted by atomic mass is 32.1. The van der Waals surface area contributed by atoms with Gasteiger partial charge in [0, 0.05) is 11.6 Å². The van der Waals surface area contributed by atoms with E-state index in [0.29, 0.717) is 17.0 Å². The summed E-state index contributed by atoms with van der Waals surface area (Å²) in [7, 11) is 0. The van der Waals surface area contributed by atoms with Gasteiger partial charge < -0.3 is 13.7 Å². The first-order valence-corrected chi connectivity index (χ1v) is 8.85. The van der Waals surface area contributed by atoms with Crippen molar-refractivity contribution in [3.05, 3.63) is 70.2 Å². The fourth-order valence-electron chi connectivity index (χ4n) is 2.34. The molecular formula is C18H13N3O5S. The summed E-state index contributed by atoms with van der Waals surface area (Å²) >= 11 is 1.52. The molecule has 4 rings (SSSR count). The van der Waals surface area contributed by atoms with Gasteiger partial charge in [-0.3, -0.25) is 4.79 Å². The number of thiophene rings is 1. The standard InChI is InChI=1S/C18H13N3O5S/c22-16(24-11-13-9-14(26-20-13)15-7-4-8-27-15)10-21-18(23)25-17(19-21)12-5-2-1-3-6-12/h1-9H,10-11H2. The Morgan fingerprint density at radius 2 is 2.04 bits per heavy atom. The van der Waals surface area contributed by atoms with E-state index >= 15 is 0 Å². The van der Waals surface area contributed by atoms with Crippen LogP contribution in [0.1, 0.15) is 5.69 Å². The van der Waals surface area contributed by atoms with Gasteiger partial charge in [-0.25, -0.2) is 4.79 Å². The third-order valence-corrected chi connectivity index (χ3v) is 4.49. The molecule has 9 heteroatoms. The van der Waals surface area contributed by atoms with E-state index in [4.69, 9.17) is 13.7 Å². The van der Waals surface area contributed by atoms with Gasteiger partial charge >= 0.3 is 11.7 Å². The van der Waals surface area contributed by atoms with Gasteiger partial charge in [0.2, 0.25) is 5.89 Å². The minimum absolute atomic E-state index is 0.0636. The van der Waals surface area contributed by atoms with Crippen LogP contribution >= 0.6 is 11.3 Å². The van der Waals surface area contributed by atoms with Gasteiger partial charge in [-0.2, -0.15) is 4.68 Å². The Hall–Kier alpha value is -3.46. The zero-order chi connectivity index (χ0) is 18.6. The Kier molecular flexibility index (Phi) is 4.67. The number of rotatable bonds is 6. The lowest BCUT2D eigenvalue weighted by atomic mass is 10.2. The second kappa shape index (κ2) is 7.42. The van der Waals surface area contributed by atoms with Crippen molar-refractivity contribution in [2.24, 2.45) is 0 Å². The molecule has 27 heavy (non-hydrogen) atoms. The molecule has 0 aliphatic heterocycles. The van der Waals surface area contributed by atoms with Crippen LogP contribution in [0.25, 0.3) is 22.1 Å². The number of carbonyl (C=O) groups is 1. The van der Waals surface area contributed by atoms with Gasteiger partial charge in [-0.05, 0) is 23.6 Å². The van der Waals surface area contributed by atoms with Crippen LogP contribution in [-0.4, -0.2) is 20.9 Å². The molecule has 136 valence electrons. The summed E-state index contributed by atoms with van der Waals surface area (Å²) in [6.45, 7) is -0.420. The van der Waals surface area contributed by atoms with E-state index in [1.165, 1.54) is 11.3 Å². The zero-order valence-electron chi connectivity index (χ0n) is 13.9. The molecule has 0 N–H and O–H groups in total. The van der Waals surface area contributed by atoms with Crippen LogP contribution in [0.15, 0.2) is 67.6 Å². The molecule has 0 atom stereocenters. The number of ether oxygens (including phenoxy) is 1. The van der Waals surface area contributed by atoms with E-state index in [2.05, 4.69) is 10.3 Å². The van der Waals surface area contributed by atoms with Gasteiger partial charge in [-0.15, -0.1) is 16.4 Å². The van der Waals surface area contributed by atoms with Crippen LogP contribution in [0.2, 0.25) is 0 Å². The molecule has 8 nitrogen and oxygen atoms in total. The molecule has 0 unspecified atom stereocenters. The quantitative estimate of drug-likeness (QED) is 0.472. The molecule has 4 aromatic rings. The van der Waals surface area contributed by atoms with Crippen molar-refractivity contribution in [1.29, 1.82) is 0 Å². The second-order valence-electron chi connectivity index (χ2n) is 5.52. The predicted molar refractivity (Wildman–Crippen MR) is 95.8 cm³/mol. The zero-order valence-corrected chi connectivity index (χ0v) is 14.7. The van der Waals surface area contributed by atoms with Gasteiger partial charge in [0.25, 0.3) is 0 Å². The SMILES string of the molecule is O=C(Cn1nc(-c2ccccc2)oc1=O)OCc1cc(-c2cccs2)on1. The number of benzene rings is 1. The largest absolute Gasteiger partial charge is 0.458 e. The van der Waals surface area contributed by atoms with Crippen molar-refractivity contribution in [1.82, 2.24) is 14.9 Å². The molecule has 0 bridgehead atoms. The molecule has 0 aliphatic carbocycles.